The average molecular weight is 657 g/mol. The number of carbonyl (C=O) groups excluding carboxylic acids is 4. The molecule has 0 radical (unpaired) electrons. The van der Waals surface area contributed by atoms with Crippen LogP contribution in [0.2, 0.25) is 0 Å². The summed E-state index contributed by atoms with van der Waals surface area (Å²) in [6.07, 6.45) is 11.6. The summed E-state index contributed by atoms with van der Waals surface area (Å²) in [6.45, 7) is 7.40. The number of aliphatic hydroxyl groups is 1. The van der Waals surface area contributed by atoms with Crippen LogP contribution >= 0.6 is 0 Å². The number of hydrogen-bond donors (Lipinski definition) is 5. The highest BCUT2D eigenvalue weighted by Gasteiger charge is 2.51. The summed E-state index contributed by atoms with van der Waals surface area (Å²) < 4.78 is 0. The first kappa shape index (κ1) is 36.2. The van der Waals surface area contributed by atoms with E-state index in [9.17, 15) is 34.2 Å². The predicted octanol–water partition coefficient (Wildman–Crippen LogP) is 2.58. The van der Waals surface area contributed by atoms with Gasteiger partial charge in [0.15, 0.2) is 6.10 Å². The van der Waals surface area contributed by atoms with Crippen LogP contribution in [0.15, 0.2) is 18.6 Å². The van der Waals surface area contributed by atoms with Crippen LogP contribution in [-0.4, -0.2) is 91.0 Å². The smallest absolute Gasteiger partial charge is 0.334 e. The summed E-state index contributed by atoms with van der Waals surface area (Å²) in [6, 6.07) is -3.98. The van der Waals surface area contributed by atoms with Crippen LogP contribution in [0.3, 0.4) is 0 Å². The van der Waals surface area contributed by atoms with E-state index in [1.165, 1.54) is 18.6 Å². The van der Waals surface area contributed by atoms with Crippen LogP contribution in [-0.2, 0) is 19.2 Å². The van der Waals surface area contributed by atoms with Gasteiger partial charge in [0.1, 0.15) is 23.8 Å². The fraction of sp³-hybridized carbons (Fsp3) is 0.735. The number of hydrogen-bond acceptors (Lipinski definition) is 8. The molecule has 2 heterocycles. The van der Waals surface area contributed by atoms with Gasteiger partial charge in [-0.15, -0.1) is 0 Å². The second kappa shape index (κ2) is 16.0. The standard InChI is InChI=1S/C34H52N6O7/c1-5-11-22(27(41)33(46)47)37-30(43)25-18-21-14-9-10-15-24(21)40(25)32(45)28(34(2,3)4)39-31(44)26(20-12-7-6-8-13-20)38-29(42)23-19-35-16-17-36-23/h16-17,19-22,24-28,41H,5-15,18H2,1-4H3,(H,37,43)(H,38,42)(H,39,44)(H,46,47)/t21?,22-,24?,25?,26-,27?,28+/m0/s1. The van der Waals surface area contributed by atoms with Gasteiger partial charge in [-0.25, -0.2) is 9.78 Å². The van der Waals surface area contributed by atoms with Gasteiger partial charge in [-0.1, -0.05) is 66.2 Å². The molecule has 47 heavy (non-hydrogen) atoms. The van der Waals surface area contributed by atoms with E-state index in [0.29, 0.717) is 12.8 Å². The minimum Gasteiger partial charge on any atom is -0.479 e. The second-order valence-corrected chi connectivity index (χ2v) is 14.5. The van der Waals surface area contributed by atoms with Crippen molar-refractivity contribution in [2.75, 3.05) is 0 Å². The normalized spacial score (nSPS) is 24.3. The Morgan fingerprint density at radius 1 is 0.957 bits per heavy atom. The second-order valence-electron chi connectivity index (χ2n) is 14.5. The molecule has 2 aliphatic carbocycles. The Bertz CT molecular complexity index is 1270. The summed E-state index contributed by atoms with van der Waals surface area (Å²) in [7, 11) is 0. The Morgan fingerprint density at radius 3 is 2.26 bits per heavy atom. The van der Waals surface area contributed by atoms with Crippen molar-refractivity contribution in [2.45, 2.75) is 141 Å². The molecule has 4 amide bonds. The molecule has 0 aromatic carbocycles. The maximum absolute atomic E-state index is 14.7. The third-order valence-electron chi connectivity index (χ3n) is 10.1. The van der Waals surface area contributed by atoms with Crippen molar-refractivity contribution >= 4 is 29.6 Å². The molecule has 260 valence electrons. The number of nitrogens with one attached hydrogen (secondary N) is 3. The fourth-order valence-electron chi connectivity index (χ4n) is 7.61. The molecule has 3 aliphatic rings. The highest BCUT2D eigenvalue weighted by atomic mass is 16.4. The summed E-state index contributed by atoms with van der Waals surface area (Å²) in [5.74, 6) is -3.31. The van der Waals surface area contributed by atoms with Gasteiger partial charge in [0.05, 0.1) is 12.2 Å². The van der Waals surface area contributed by atoms with E-state index in [2.05, 4.69) is 25.9 Å². The molecule has 4 rings (SSSR count). The molecule has 2 saturated carbocycles. The van der Waals surface area contributed by atoms with Crippen molar-refractivity contribution in [1.29, 1.82) is 0 Å². The first-order valence-corrected chi connectivity index (χ1v) is 17.2. The molecule has 1 aliphatic heterocycles. The van der Waals surface area contributed by atoms with Crippen molar-refractivity contribution in [3.8, 4) is 0 Å². The van der Waals surface area contributed by atoms with Gasteiger partial charge in [0.25, 0.3) is 5.91 Å². The number of fused-ring (bicyclic) bond motifs is 1. The first-order valence-electron chi connectivity index (χ1n) is 17.2. The van der Waals surface area contributed by atoms with Crippen LogP contribution in [0.4, 0.5) is 0 Å². The van der Waals surface area contributed by atoms with E-state index >= 15 is 0 Å². The number of rotatable bonds is 12. The van der Waals surface area contributed by atoms with Crippen molar-refractivity contribution in [2.24, 2.45) is 17.3 Å². The molecule has 3 fully saturated rings. The number of carbonyl (C=O) groups is 5. The molecule has 5 N–H and O–H groups in total. The quantitative estimate of drug-likeness (QED) is 0.225. The van der Waals surface area contributed by atoms with Crippen molar-refractivity contribution in [3.63, 3.8) is 0 Å². The number of aromatic nitrogens is 2. The summed E-state index contributed by atoms with van der Waals surface area (Å²) in [5, 5.41) is 28.4. The Balaban J connectivity index is 1.61. The molecule has 4 unspecified atom stereocenters. The van der Waals surface area contributed by atoms with Gasteiger partial charge >= 0.3 is 5.97 Å². The van der Waals surface area contributed by atoms with Crippen molar-refractivity contribution in [1.82, 2.24) is 30.8 Å². The molecular formula is C34H52N6O7. The van der Waals surface area contributed by atoms with Crippen molar-refractivity contribution in [3.05, 3.63) is 24.3 Å². The predicted molar refractivity (Wildman–Crippen MR) is 173 cm³/mol. The van der Waals surface area contributed by atoms with E-state index in [1.54, 1.807) is 4.90 Å². The summed E-state index contributed by atoms with van der Waals surface area (Å²) >= 11 is 0. The average Bonchev–Trinajstić information content (AvgIpc) is 3.45. The number of amides is 4. The molecule has 0 bridgehead atoms. The third kappa shape index (κ3) is 8.85. The lowest BCUT2D eigenvalue weighted by Crippen LogP contribution is -2.63. The van der Waals surface area contributed by atoms with Gasteiger partial charge in [-0.05, 0) is 55.8 Å². The molecule has 13 nitrogen and oxygen atoms in total. The largest absolute Gasteiger partial charge is 0.479 e. The molecular weight excluding hydrogens is 604 g/mol. The highest BCUT2D eigenvalue weighted by Crippen LogP contribution is 2.41. The first-order chi connectivity index (χ1) is 22.3. The molecule has 1 aromatic rings. The highest BCUT2D eigenvalue weighted by molar-refractivity contribution is 5.98. The van der Waals surface area contributed by atoms with Gasteiger partial charge in [0.2, 0.25) is 17.7 Å². The number of carboxylic acid groups (broad SMARTS) is 1. The van der Waals surface area contributed by atoms with Crippen LogP contribution in [0.1, 0.15) is 115 Å². The number of likely N-dealkylation sites (tertiary alicyclic amines) is 1. The monoisotopic (exact) mass is 656 g/mol. The van der Waals surface area contributed by atoms with Crippen molar-refractivity contribution < 1.29 is 34.2 Å². The van der Waals surface area contributed by atoms with E-state index in [-0.39, 0.29) is 35.9 Å². The fourth-order valence-corrected chi connectivity index (χ4v) is 7.61. The van der Waals surface area contributed by atoms with Gasteiger partial charge in [-0.3, -0.25) is 24.2 Å². The molecule has 7 atom stereocenters. The maximum atomic E-state index is 14.7. The number of aliphatic hydroxyl groups excluding tert-OH is 1. The van der Waals surface area contributed by atoms with E-state index in [1.807, 2.05) is 27.7 Å². The number of carboxylic acids is 1. The van der Waals surface area contributed by atoms with Crippen LogP contribution in [0.25, 0.3) is 0 Å². The third-order valence-corrected chi connectivity index (χ3v) is 10.1. The molecule has 1 saturated heterocycles. The number of nitrogens with zero attached hydrogens (tertiary/aromatic N) is 3. The van der Waals surface area contributed by atoms with Crippen LogP contribution in [0.5, 0.6) is 0 Å². The topological polar surface area (TPSA) is 191 Å². The molecule has 1 aromatic heterocycles. The molecule has 0 spiro atoms. The summed E-state index contributed by atoms with van der Waals surface area (Å²) in [4.78, 5) is 77.1. The number of aliphatic carboxylic acids is 1. The van der Waals surface area contributed by atoms with E-state index in [0.717, 1.165) is 57.8 Å². The summed E-state index contributed by atoms with van der Waals surface area (Å²) in [5.41, 5.74) is -0.662. The zero-order valence-corrected chi connectivity index (χ0v) is 28.1. The van der Waals surface area contributed by atoms with E-state index in [4.69, 9.17) is 0 Å². The van der Waals surface area contributed by atoms with Gasteiger partial charge in [-0.2, -0.15) is 0 Å². The lowest BCUT2D eigenvalue weighted by molar-refractivity contribution is -0.150. The SMILES string of the molecule is CCC[C@H](NC(=O)C1CC2CCCCC2N1C(=O)[C@@H](NC(=O)[C@@H](NC(=O)c1cnccn1)C1CCCCC1)C(C)(C)C)C(O)C(=O)O. The minimum absolute atomic E-state index is 0.0909. The lowest BCUT2D eigenvalue weighted by Gasteiger charge is -2.40. The zero-order valence-electron chi connectivity index (χ0n) is 28.1. The zero-order chi connectivity index (χ0) is 34.3. The minimum atomic E-state index is -1.78. The van der Waals surface area contributed by atoms with E-state index < -0.39 is 59.4 Å². The lowest BCUT2D eigenvalue weighted by atomic mass is 9.81. The Hall–Kier alpha value is -3.61. The van der Waals surface area contributed by atoms with Gasteiger partial charge in [0, 0.05) is 18.4 Å². The molecule has 13 heteroatoms. The Labute approximate surface area is 277 Å². The van der Waals surface area contributed by atoms with Crippen LogP contribution < -0.4 is 16.0 Å². The van der Waals surface area contributed by atoms with Crippen LogP contribution in [0, 0.1) is 17.3 Å². The maximum Gasteiger partial charge on any atom is 0.334 e. The Morgan fingerprint density at radius 2 is 1.64 bits per heavy atom. The Kier molecular flexibility index (Phi) is 12.3. The van der Waals surface area contributed by atoms with Gasteiger partial charge < -0.3 is 31.1 Å².